The molecular formula is C13H22N2O2S. The monoisotopic (exact) mass is 270 g/mol. The first kappa shape index (κ1) is 15.1. The summed E-state index contributed by atoms with van der Waals surface area (Å²) in [7, 11) is 1.95. The topological polar surface area (TPSA) is 53.4 Å². The molecule has 0 amide bonds. The van der Waals surface area contributed by atoms with Crippen molar-refractivity contribution in [2.24, 2.45) is 0 Å². The van der Waals surface area contributed by atoms with Crippen molar-refractivity contribution >= 4 is 17.3 Å². The highest BCUT2D eigenvalue weighted by molar-refractivity contribution is 7.09. The number of aliphatic carboxylic acids is 1. The molecule has 0 bridgehead atoms. The van der Waals surface area contributed by atoms with Crippen LogP contribution in [0.25, 0.3) is 0 Å². The van der Waals surface area contributed by atoms with E-state index in [2.05, 4.69) is 31.1 Å². The molecule has 0 fully saturated rings. The Labute approximate surface area is 113 Å². The highest BCUT2D eigenvalue weighted by Crippen LogP contribution is 2.24. The van der Waals surface area contributed by atoms with Gasteiger partial charge in [-0.2, -0.15) is 0 Å². The lowest BCUT2D eigenvalue weighted by molar-refractivity contribution is -0.137. The number of carboxylic acid groups (broad SMARTS) is 1. The molecule has 1 heterocycles. The van der Waals surface area contributed by atoms with Crippen molar-refractivity contribution in [2.75, 3.05) is 20.1 Å². The highest BCUT2D eigenvalue weighted by atomic mass is 32.1. The predicted octanol–water partition coefficient (Wildman–Crippen LogP) is 2.39. The fourth-order valence-electron chi connectivity index (χ4n) is 1.46. The van der Waals surface area contributed by atoms with E-state index in [1.807, 2.05) is 11.9 Å². The fraction of sp³-hybridized carbons (Fsp3) is 0.692. The van der Waals surface area contributed by atoms with Gasteiger partial charge in [0.05, 0.1) is 17.1 Å². The molecule has 1 aromatic heterocycles. The highest BCUT2D eigenvalue weighted by Gasteiger charge is 2.17. The van der Waals surface area contributed by atoms with Crippen LogP contribution in [-0.4, -0.2) is 41.1 Å². The minimum absolute atomic E-state index is 0.101. The number of nitrogens with zero attached hydrogens (tertiary/aromatic N) is 2. The van der Waals surface area contributed by atoms with Crippen molar-refractivity contribution < 1.29 is 9.90 Å². The second-order valence-electron chi connectivity index (χ2n) is 5.57. The van der Waals surface area contributed by atoms with Crippen LogP contribution in [0.5, 0.6) is 0 Å². The molecule has 0 aliphatic carbocycles. The predicted molar refractivity (Wildman–Crippen MR) is 74.3 cm³/mol. The van der Waals surface area contributed by atoms with Gasteiger partial charge in [0, 0.05) is 30.3 Å². The first-order valence-corrected chi connectivity index (χ1v) is 7.02. The van der Waals surface area contributed by atoms with Crippen LogP contribution in [-0.2, 0) is 16.6 Å². The van der Waals surface area contributed by atoms with Gasteiger partial charge in [-0.15, -0.1) is 11.3 Å². The number of hydrogen-bond donors (Lipinski definition) is 1. The molecule has 1 rings (SSSR count). The average molecular weight is 270 g/mol. The van der Waals surface area contributed by atoms with Crippen LogP contribution >= 0.6 is 11.3 Å². The smallest absolute Gasteiger partial charge is 0.304 e. The Morgan fingerprint density at radius 2 is 2.11 bits per heavy atom. The largest absolute Gasteiger partial charge is 0.481 e. The Morgan fingerprint density at radius 3 is 2.61 bits per heavy atom. The van der Waals surface area contributed by atoms with Crippen LogP contribution in [0.1, 0.15) is 37.9 Å². The molecule has 0 aromatic carbocycles. The van der Waals surface area contributed by atoms with Crippen LogP contribution in [0.2, 0.25) is 0 Å². The van der Waals surface area contributed by atoms with Gasteiger partial charge in [0.25, 0.3) is 0 Å². The van der Waals surface area contributed by atoms with Gasteiger partial charge >= 0.3 is 5.97 Å². The molecule has 1 aromatic rings. The summed E-state index contributed by atoms with van der Waals surface area (Å²) in [6, 6.07) is 0. The zero-order valence-corrected chi connectivity index (χ0v) is 12.4. The van der Waals surface area contributed by atoms with E-state index in [4.69, 9.17) is 5.11 Å². The van der Waals surface area contributed by atoms with Gasteiger partial charge in [-0.05, 0) is 7.05 Å². The van der Waals surface area contributed by atoms with E-state index in [-0.39, 0.29) is 11.8 Å². The van der Waals surface area contributed by atoms with Crippen molar-refractivity contribution in [3.8, 4) is 0 Å². The molecule has 0 spiro atoms. The van der Waals surface area contributed by atoms with Crippen LogP contribution in [0.4, 0.5) is 0 Å². The van der Waals surface area contributed by atoms with E-state index in [9.17, 15) is 4.79 Å². The van der Waals surface area contributed by atoms with Gasteiger partial charge in [0.1, 0.15) is 0 Å². The van der Waals surface area contributed by atoms with Gasteiger partial charge in [0.2, 0.25) is 0 Å². The lowest BCUT2D eigenvalue weighted by atomic mass is 9.93. The molecule has 1 N–H and O–H groups in total. The maximum Gasteiger partial charge on any atom is 0.304 e. The first-order valence-electron chi connectivity index (χ1n) is 6.14. The third-order valence-electron chi connectivity index (χ3n) is 2.73. The standard InChI is InChI=1S/C13H22N2O2S/c1-13(2,3)10-9-18-11(14-10)5-7-15(4)8-6-12(16)17/h9H,5-8H2,1-4H3,(H,16,17). The summed E-state index contributed by atoms with van der Waals surface area (Å²) >= 11 is 1.69. The molecule has 0 aliphatic rings. The van der Waals surface area contributed by atoms with Crippen molar-refractivity contribution in [1.29, 1.82) is 0 Å². The lowest BCUT2D eigenvalue weighted by Crippen LogP contribution is -2.24. The number of likely N-dealkylation sites (N-methyl/N-ethyl adjacent to an activating group) is 1. The third-order valence-corrected chi connectivity index (χ3v) is 3.64. The Kier molecular flexibility index (Phi) is 5.28. The molecule has 0 unspecified atom stereocenters. The Bertz CT molecular complexity index is 396. The molecule has 0 atom stereocenters. The van der Waals surface area contributed by atoms with Gasteiger partial charge < -0.3 is 10.0 Å². The van der Waals surface area contributed by atoms with E-state index in [0.29, 0.717) is 6.54 Å². The molecule has 18 heavy (non-hydrogen) atoms. The second kappa shape index (κ2) is 6.29. The number of aromatic nitrogens is 1. The van der Waals surface area contributed by atoms with Crippen LogP contribution in [0.3, 0.4) is 0 Å². The Morgan fingerprint density at radius 1 is 1.44 bits per heavy atom. The molecule has 4 nitrogen and oxygen atoms in total. The minimum atomic E-state index is -0.744. The summed E-state index contributed by atoms with van der Waals surface area (Å²) in [5.74, 6) is -0.744. The SMILES string of the molecule is CN(CCC(=O)O)CCc1nc(C(C)(C)C)cs1. The Balaban J connectivity index is 2.39. The maximum atomic E-state index is 10.5. The molecule has 0 saturated carbocycles. The van der Waals surface area contributed by atoms with Crippen molar-refractivity contribution in [3.63, 3.8) is 0 Å². The van der Waals surface area contributed by atoms with Crippen molar-refractivity contribution in [1.82, 2.24) is 9.88 Å². The van der Waals surface area contributed by atoms with E-state index in [0.717, 1.165) is 23.7 Å². The molecule has 5 heteroatoms. The molecular weight excluding hydrogens is 248 g/mol. The van der Waals surface area contributed by atoms with Crippen molar-refractivity contribution in [3.05, 3.63) is 16.1 Å². The summed E-state index contributed by atoms with van der Waals surface area (Å²) in [6.45, 7) is 7.91. The zero-order chi connectivity index (χ0) is 13.8. The summed E-state index contributed by atoms with van der Waals surface area (Å²) in [5, 5.41) is 11.8. The fourth-order valence-corrected chi connectivity index (χ4v) is 2.47. The number of rotatable bonds is 6. The average Bonchev–Trinajstić information content (AvgIpc) is 2.71. The summed E-state index contributed by atoms with van der Waals surface area (Å²) in [6.07, 6.45) is 1.08. The number of hydrogen-bond acceptors (Lipinski definition) is 4. The van der Waals surface area contributed by atoms with Gasteiger partial charge in [-0.3, -0.25) is 4.79 Å². The molecule has 0 aliphatic heterocycles. The molecule has 102 valence electrons. The van der Waals surface area contributed by atoms with Gasteiger partial charge in [-0.25, -0.2) is 4.98 Å². The molecule has 0 radical (unpaired) electrons. The second-order valence-corrected chi connectivity index (χ2v) is 6.52. The van der Waals surface area contributed by atoms with E-state index >= 15 is 0 Å². The Hall–Kier alpha value is -0.940. The number of carboxylic acids is 1. The molecule has 0 saturated heterocycles. The lowest BCUT2D eigenvalue weighted by Gasteiger charge is -2.15. The van der Waals surface area contributed by atoms with Crippen LogP contribution < -0.4 is 0 Å². The zero-order valence-electron chi connectivity index (χ0n) is 11.6. The quantitative estimate of drug-likeness (QED) is 0.862. The normalized spacial score (nSPS) is 12.1. The van der Waals surface area contributed by atoms with Crippen LogP contribution in [0.15, 0.2) is 5.38 Å². The number of carbonyl (C=O) groups is 1. The summed E-state index contributed by atoms with van der Waals surface area (Å²) in [5.41, 5.74) is 1.24. The van der Waals surface area contributed by atoms with E-state index in [1.54, 1.807) is 11.3 Å². The van der Waals surface area contributed by atoms with Gasteiger partial charge in [0.15, 0.2) is 0 Å². The maximum absolute atomic E-state index is 10.5. The van der Waals surface area contributed by atoms with Gasteiger partial charge in [-0.1, -0.05) is 20.8 Å². The summed E-state index contributed by atoms with van der Waals surface area (Å²) in [4.78, 5) is 17.1. The minimum Gasteiger partial charge on any atom is -0.481 e. The van der Waals surface area contributed by atoms with E-state index in [1.165, 1.54) is 0 Å². The first-order chi connectivity index (χ1) is 8.29. The summed E-state index contributed by atoms with van der Waals surface area (Å²) < 4.78 is 0. The van der Waals surface area contributed by atoms with E-state index < -0.39 is 5.97 Å². The third kappa shape index (κ3) is 5.14. The van der Waals surface area contributed by atoms with Crippen LogP contribution in [0, 0.1) is 0 Å². The van der Waals surface area contributed by atoms with Crippen molar-refractivity contribution in [2.45, 2.75) is 39.0 Å². The number of thiazole rings is 1.